The van der Waals surface area contributed by atoms with Gasteiger partial charge < -0.3 is 4.90 Å². The minimum absolute atomic E-state index is 0.457. The van der Waals surface area contributed by atoms with Gasteiger partial charge in [0.1, 0.15) is 0 Å². The smallest absolute Gasteiger partial charge is 0.0142 e. The summed E-state index contributed by atoms with van der Waals surface area (Å²) in [6.45, 7) is 6.16. The SMILES string of the molecule is CC1CN(C)C2Cc3ccsc3C1(C)C2. The molecule has 3 atom stereocenters. The first kappa shape index (κ1) is 9.86. The van der Waals surface area contributed by atoms with Crippen molar-refractivity contribution in [1.82, 2.24) is 4.90 Å². The van der Waals surface area contributed by atoms with Crippen molar-refractivity contribution in [3.8, 4) is 0 Å². The van der Waals surface area contributed by atoms with E-state index in [0.717, 1.165) is 12.0 Å². The second-order valence-corrected chi connectivity index (χ2v) is 6.51. The van der Waals surface area contributed by atoms with Crippen molar-refractivity contribution in [3.05, 3.63) is 21.9 Å². The van der Waals surface area contributed by atoms with Crippen molar-refractivity contribution < 1.29 is 0 Å². The molecule has 2 bridgehead atoms. The Labute approximate surface area is 96.1 Å². The van der Waals surface area contributed by atoms with Crippen LogP contribution in [-0.2, 0) is 11.8 Å². The molecule has 1 nitrogen and oxygen atoms in total. The zero-order chi connectivity index (χ0) is 10.6. The highest BCUT2D eigenvalue weighted by Crippen LogP contribution is 2.49. The number of hydrogen-bond acceptors (Lipinski definition) is 2. The van der Waals surface area contributed by atoms with Crippen LogP contribution < -0.4 is 0 Å². The van der Waals surface area contributed by atoms with Gasteiger partial charge in [-0.15, -0.1) is 11.3 Å². The topological polar surface area (TPSA) is 3.24 Å². The van der Waals surface area contributed by atoms with Crippen LogP contribution in [0.3, 0.4) is 0 Å². The van der Waals surface area contributed by atoms with E-state index in [0.29, 0.717) is 5.41 Å². The first-order chi connectivity index (χ1) is 7.11. The van der Waals surface area contributed by atoms with E-state index in [-0.39, 0.29) is 0 Å². The lowest BCUT2D eigenvalue weighted by Crippen LogP contribution is -2.54. The summed E-state index contributed by atoms with van der Waals surface area (Å²) in [6.07, 6.45) is 2.63. The predicted octanol–water partition coefficient (Wildman–Crippen LogP) is 2.90. The van der Waals surface area contributed by atoms with Crippen molar-refractivity contribution in [2.24, 2.45) is 5.92 Å². The van der Waals surface area contributed by atoms with Gasteiger partial charge in [0.15, 0.2) is 0 Å². The molecule has 3 rings (SSSR count). The quantitative estimate of drug-likeness (QED) is 0.651. The van der Waals surface area contributed by atoms with E-state index < -0.39 is 0 Å². The van der Waals surface area contributed by atoms with Gasteiger partial charge >= 0.3 is 0 Å². The fourth-order valence-corrected chi connectivity index (χ4v) is 4.65. The second-order valence-electron chi connectivity index (χ2n) is 5.60. The fraction of sp³-hybridized carbons (Fsp3) is 0.692. The van der Waals surface area contributed by atoms with Gasteiger partial charge in [-0.1, -0.05) is 13.8 Å². The Morgan fingerprint density at radius 3 is 3.13 bits per heavy atom. The molecule has 3 unspecified atom stereocenters. The minimum Gasteiger partial charge on any atom is -0.303 e. The molecule has 82 valence electrons. The summed E-state index contributed by atoms with van der Waals surface area (Å²) in [4.78, 5) is 4.24. The summed E-state index contributed by atoms with van der Waals surface area (Å²) >= 11 is 1.98. The van der Waals surface area contributed by atoms with Gasteiger partial charge in [-0.25, -0.2) is 0 Å². The van der Waals surface area contributed by atoms with Gasteiger partial charge in [0, 0.05) is 22.9 Å². The van der Waals surface area contributed by atoms with Crippen LogP contribution >= 0.6 is 11.3 Å². The van der Waals surface area contributed by atoms with Crippen LogP contribution in [0.2, 0.25) is 0 Å². The van der Waals surface area contributed by atoms with Gasteiger partial charge in [0.25, 0.3) is 0 Å². The highest BCUT2D eigenvalue weighted by Gasteiger charge is 2.46. The molecule has 0 amide bonds. The van der Waals surface area contributed by atoms with Gasteiger partial charge in [0.2, 0.25) is 0 Å². The van der Waals surface area contributed by atoms with E-state index in [9.17, 15) is 0 Å². The third-order valence-electron chi connectivity index (χ3n) is 4.65. The van der Waals surface area contributed by atoms with E-state index >= 15 is 0 Å². The Bertz CT molecular complexity index is 384. The van der Waals surface area contributed by atoms with E-state index in [1.807, 2.05) is 11.3 Å². The number of nitrogens with zero attached hydrogens (tertiary/aromatic N) is 1. The highest BCUT2D eigenvalue weighted by molar-refractivity contribution is 7.10. The maximum atomic E-state index is 2.56. The standard InChI is InChI=1S/C13H19NS/c1-9-8-14(3)11-6-10-4-5-15-12(10)13(9,2)7-11/h4-5,9,11H,6-8H2,1-3H3. The Hall–Kier alpha value is -0.340. The summed E-state index contributed by atoms with van der Waals surface area (Å²) in [5.41, 5.74) is 2.08. The zero-order valence-corrected chi connectivity index (χ0v) is 10.6. The molecule has 1 aliphatic carbocycles. The lowest BCUT2D eigenvalue weighted by atomic mass is 9.64. The Kier molecular flexibility index (Phi) is 2.02. The number of likely N-dealkylation sites (tertiary alicyclic amines) is 1. The molecule has 1 aromatic rings. The number of thiophene rings is 1. The van der Waals surface area contributed by atoms with Crippen molar-refractivity contribution in [3.63, 3.8) is 0 Å². The highest BCUT2D eigenvalue weighted by atomic mass is 32.1. The number of fused-ring (bicyclic) bond motifs is 4. The molecule has 1 fully saturated rings. The number of piperidine rings is 1. The molecule has 2 heteroatoms. The lowest BCUT2D eigenvalue weighted by Gasteiger charge is -2.51. The molecule has 2 heterocycles. The van der Waals surface area contributed by atoms with Crippen molar-refractivity contribution >= 4 is 11.3 Å². The van der Waals surface area contributed by atoms with Crippen LogP contribution in [-0.4, -0.2) is 24.5 Å². The largest absolute Gasteiger partial charge is 0.303 e. The molecule has 15 heavy (non-hydrogen) atoms. The van der Waals surface area contributed by atoms with Crippen LogP contribution in [0.1, 0.15) is 30.7 Å². The first-order valence-electron chi connectivity index (χ1n) is 5.88. The minimum atomic E-state index is 0.457. The molecule has 0 N–H and O–H groups in total. The van der Waals surface area contributed by atoms with Crippen LogP contribution in [0.5, 0.6) is 0 Å². The van der Waals surface area contributed by atoms with E-state index in [2.05, 4.69) is 37.2 Å². The van der Waals surface area contributed by atoms with Gasteiger partial charge in [-0.2, -0.15) is 0 Å². The summed E-state index contributed by atoms with van der Waals surface area (Å²) in [7, 11) is 2.29. The monoisotopic (exact) mass is 221 g/mol. The van der Waals surface area contributed by atoms with Crippen LogP contribution in [0.4, 0.5) is 0 Å². The molecule has 0 radical (unpaired) electrons. The van der Waals surface area contributed by atoms with Crippen molar-refractivity contribution in [2.45, 2.75) is 38.1 Å². The Balaban J connectivity index is 2.11. The molecular formula is C13H19NS. The fourth-order valence-electron chi connectivity index (χ4n) is 3.43. The summed E-state index contributed by atoms with van der Waals surface area (Å²) in [5.74, 6) is 0.788. The van der Waals surface area contributed by atoms with E-state index in [1.165, 1.54) is 19.4 Å². The van der Waals surface area contributed by atoms with Crippen molar-refractivity contribution in [2.75, 3.05) is 13.6 Å². The summed E-state index contributed by atoms with van der Waals surface area (Å²) in [6, 6.07) is 3.13. The van der Waals surface area contributed by atoms with E-state index in [1.54, 1.807) is 10.4 Å². The van der Waals surface area contributed by atoms with Gasteiger partial charge in [-0.3, -0.25) is 0 Å². The maximum absolute atomic E-state index is 2.56. The van der Waals surface area contributed by atoms with Crippen LogP contribution in [0.25, 0.3) is 0 Å². The third kappa shape index (κ3) is 1.24. The van der Waals surface area contributed by atoms with E-state index in [4.69, 9.17) is 0 Å². The number of hydrogen-bond donors (Lipinski definition) is 0. The lowest BCUT2D eigenvalue weighted by molar-refractivity contribution is 0.0667. The molecular weight excluding hydrogens is 202 g/mol. The first-order valence-corrected chi connectivity index (χ1v) is 6.76. The molecule has 2 aliphatic rings. The van der Waals surface area contributed by atoms with Gasteiger partial charge in [-0.05, 0) is 42.8 Å². The third-order valence-corrected chi connectivity index (χ3v) is 5.89. The molecule has 1 aliphatic heterocycles. The maximum Gasteiger partial charge on any atom is 0.0142 e. The average Bonchev–Trinajstić information content (AvgIpc) is 2.64. The predicted molar refractivity (Wildman–Crippen MR) is 65.6 cm³/mol. The Morgan fingerprint density at radius 2 is 2.33 bits per heavy atom. The summed E-state index contributed by atoms with van der Waals surface area (Å²) < 4.78 is 0. The molecule has 0 saturated carbocycles. The van der Waals surface area contributed by atoms with Crippen LogP contribution in [0.15, 0.2) is 11.4 Å². The Morgan fingerprint density at radius 1 is 1.53 bits per heavy atom. The van der Waals surface area contributed by atoms with Crippen molar-refractivity contribution in [1.29, 1.82) is 0 Å². The number of likely N-dealkylation sites (N-methyl/N-ethyl adjacent to an activating group) is 1. The van der Waals surface area contributed by atoms with Crippen LogP contribution in [0, 0.1) is 5.92 Å². The summed E-state index contributed by atoms with van der Waals surface area (Å²) in [5, 5.41) is 2.28. The normalized spacial score (nSPS) is 40.2. The number of rotatable bonds is 0. The van der Waals surface area contributed by atoms with Gasteiger partial charge in [0.05, 0.1) is 0 Å². The average molecular weight is 221 g/mol. The molecule has 0 aromatic carbocycles. The molecule has 1 aromatic heterocycles. The molecule has 0 spiro atoms. The molecule has 1 saturated heterocycles. The zero-order valence-electron chi connectivity index (χ0n) is 9.79. The second kappa shape index (κ2) is 3.08.